The van der Waals surface area contributed by atoms with E-state index in [0.29, 0.717) is 0 Å². The van der Waals surface area contributed by atoms with E-state index in [1.165, 1.54) is 115 Å². The Hall–Kier alpha value is -8.72. The van der Waals surface area contributed by atoms with Gasteiger partial charge in [0, 0.05) is 32.8 Å². The minimum Gasteiger partial charge on any atom is -0.309 e. The van der Waals surface area contributed by atoms with Crippen LogP contribution < -0.4 is 4.90 Å². The van der Waals surface area contributed by atoms with Gasteiger partial charge in [-0.25, -0.2) is 0 Å². The number of nitrogens with zero attached hydrogens (tertiary/aromatic N) is 2. The molecule has 0 aliphatic rings. The minimum atomic E-state index is -0.138. The highest BCUT2D eigenvalue weighted by atomic mass is 15.1. The summed E-state index contributed by atoms with van der Waals surface area (Å²) in [6.07, 6.45) is 0. The molecule has 2 heteroatoms. The number of hydrogen-bond acceptors (Lipinski definition) is 1. The van der Waals surface area contributed by atoms with E-state index in [2.05, 4.69) is 294 Å². The molecule has 0 unspecified atom stereocenters. The number of rotatable bonds is 8. The highest BCUT2D eigenvalue weighted by molar-refractivity contribution is 6.28. The molecule has 0 saturated carbocycles. The lowest BCUT2D eigenvalue weighted by molar-refractivity contribution is 0.590. The molecule has 74 heavy (non-hydrogen) atoms. The Morgan fingerprint density at radius 3 is 1.36 bits per heavy atom. The molecule has 1 aromatic heterocycles. The van der Waals surface area contributed by atoms with Crippen LogP contribution in [0.1, 0.15) is 52.7 Å². The van der Waals surface area contributed by atoms with Crippen LogP contribution in [0.4, 0.5) is 17.1 Å². The zero-order valence-corrected chi connectivity index (χ0v) is 43.0. The van der Waals surface area contributed by atoms with Gasteiger partial charge >= 0.3 is 0 Å². The molecule has 0 saturated heterocycles. The average Bonchev–Trinajstić information content (AvgIpc) is 3.77. The maximum absolute atomic E-state index is 2.57. The molecule has 1 heterocycles. The number of anilines is 3. The predicted octanol–water partition coefficient (Wildman–Crippen LogP) is 20.4. The van der Waals surface area contributed by atoms with Crippen molar-refractivity contribution in [2.45, 2.75) is 52.4 Å². The highest BCUT2D eigenvalue weighted by Crippen LogP contribution is 2.50. The zero-order valence-electron chi connectivity index (χ0n) is 43.0. The molecule has 0 N–H and O–H groups in total. The van der Waals surface area contributed by atoms with Gasteiger partial charge in [0.15, 0.2) is 0 Å². The number of hydrogen-bond donors (Lipinski definition) is 0. The van der Waals surface area contributed by atoms with E-state index in [-0.39, 0.29) is 10.8 Å². The molecule has 13 aromatic rings. The van der Waals surface area contributed by atoms with Crippen molar-refractivity contribution in [2.24, 2.45) is 0 Å². The maximum Gasteiger partial charge on any atom is 0.0543 e. The van der Waals surface area contributed by atoms with Gasteiger partial charge in [0.1, 0.15) is 0 Å². The molecule has 0 aliphatic carbocycles. The predicted molar refractivity (Wildman–Crippen MR) is 318 cm³/mol. The molecule has 0 fully saturated rings. The average molecular weight is 951 g/mol. The van der Waals surface area contributed by atoms with Gasteiger partial charge in [-0.15, -0.1) is 0 Å². The van der Waals surface area contributed by atoms with Crippen LogP contribution in [0, 0.1) is 0 Å². The Morgan fingerprint density at radius 1 is 0.324 bits per heavy atom. The summed E-state index contributed by atoms with van der Waals surface area (Å²) in [5, 5.41) is 9.91. The second-order valence-corrected chi connectivity index (χ2v) is 22.2. The molecule has 13 rings (SSSR count). The summed E-state index contributed by atoms with van der Waals surface area (Å²) < 4.78 is 2.51. The van der Waals surface area contributed by atoms with Gasteiger partial charge in [-0.05, 0) is 137 Å². The first-order valence-electron chi connectivity index (χ1n) is 26.1. The molecule has 0 spiro atoms. The smallest absolute Gasteiger partial charge is 0.0543 e. The largest absolute Gasteiger partial charge is 0.309 e. The summed E-state index contributed by atoms with van der Waals surface area (Å²) >= 11 is 0. The normalized spacial score (nSPS) is 12.2. The van der Waals surface area contributed by atoms with Crippen molar-refractivity contribution in [3.63, 3.8) is 0 Å². The Labute approximate surface area is 434 Å². The van der Waals surface area contributed by atoms with E-state index in [0.717, 1.165) is 17.1 Å². The fourth-order valence-corrected chi connectivity index (χ4v) is 11.7. The van der Waals surface area contributed by atoms with E-state index in [1.54, 1.807) is 0 Å². The van der Waals surface area contributed by atoms with Crippen LogP contribution in [0.25, 0.3) is 104 Å². The quantitative estimate of drug-likeness (QED) is 0.138. The first-order chi connectivity index (χ1) is 36.0. The first kappa shape index (κ1) is 45.2. The third-order valence-corrected chi connectivity index (χ3v) is 15.4. The van der Waals surface area contributed by atoms with Gasteiger partial charge in [-0.2, -0.15) is 0 Å². The van der Waals surface area contributed by atoms with Crippen LogP contribution >= 0.6 is 0 Å². The molecule has 0 aliphatic heterocycles. The van der Waals surface area contributed by atoms with Gasteiger partial charge in [-0.3, -0.25) is 0 Å². The second-order valence-electron chi connectivity index (χ2n) is 22.2. The molecule has 0 atom stereocenters. The second kappa shape index (κ2) is 17.5. The van der Waals surface area contributed by atoms with Crippen molar-refractivity contribution in [1.29, 1.82) is 0 Å². The van der Waals surface area contributed by atoms with Crippen LogP contribution in [0.3, 0.4) is 0 Å². The third-order valence-electron chi connectivity index (χ3n) is 15.4. The van der Waals surface area contributed by atoms with Crippen LogP contribution in [-0.4, -0.2) is 4.57 Å². The molecule has 0 radical (unpaired) electrons. The van der Waals surface area contributed by atoms with Crippen LogP contribution in [0.15, 0.2) is 243 Å². The van der Waals surface area contributed by atoms with Crippen molar-refractivity contribution < 1.29 is 0 Å². The summed E-state index contributed by atoms with van der Waals surface area (Å²) in [7, 11) is 0. The summed E-state index contributed by atoms with van der Waals surface area (Å²) in [5.74, 6) is 0. The number of fused-ring (bicyclic) bond motifs is 3. The molecule has 0 bridgehead atoms. The van der Waals surface area contributed by atoms with Gasteiger partial charge in [-0.1, -0.05) is 230 Å². The van der Waals surface area contributed by atoms with Crippen molar-refractivity contribution in [1.82, 2.24) is 4.57 Å². The third kappa shape index (κ3) is 7.64. The number of benzene rings is 12. The van der Waals surface area contributed by atoms with Crippen molar-refractivity contribution in [2.75, 3.05) is 4.90 Å². The van der Waals surface area contributed by atoms with Crippen LogP contribution in [0.5, 0.6) is 0 Å². The Kier molecular flexibility index (Phi) is 10.7. The standard InChI is InChI=1S/C72H58N2/c1-71(2,3)55-33-37-58(50-25-17-10-18-26-50)68(45-55)73(56-34-38-57(49-23-15-9-16-24-49)63(46-56)72(4,5)6)64-39-29-51-28-36-60-65(40-30-52-27-35-59(64)69(51)70(52)60)74-66-41-31-53(47-19-11-7-12-20-47)43-61(66)62-44-54(32-42-67(62)74)48-21-13-8-14-22-48/h7-46H,1-6H3. The lowest BCUT2D eigenvalue weighted by atomic mass is 9.81. The summed E-state index contributed by atoms with van der Waals surface area (Å²) in [6, 6.07) is 90.5. The lowest BCUT2D eigenvalue weighted by Gasteiger charge is -2.33. The first-order valence-corrected chi connectivity index (χ1v) is 26.1. The van der Waals surface area contributed by atoms with Crippen LogP contribution in [0.2, 0.25) is 0 Å². The summed E-state index contributed by atoms with van der Waals surface area (Å²) in [4.78, 5) is 2.57. The van der Waals surface area contributed by atoms with E-state index >= 15 is 0 Å². The van der Waals surface area contributed by atoms with E-state index < -0.39 is 0 Å². The van der Waals surface area contributed by atoms with Crippen molar-refractivity contribution in [3.8, 4) is 50.2 Å². The fourth-order valence-electron chi connectivity index (χ4n) is 11.7. The van der Waals surface area contributed by atoms with Crippen LogP contribution in [-0.2, 0) is 10.8 Å². The van der Waals surface area contributed by atoms with E-state index in [1.807, 2.05) is 0 Å². The van der Waals surface area contributed by atoms with Crippen molar-refractivity contribution >= 4 is 71.2 Å². The molecule has 0 amide bonds. The maximum atomic E-state index is 2.57. The van der Waals surface area contributed by atoms with E-state index in [4.69, 9.17) is 0 Å². The topological polar surface area (TPSA) is 8.17 Å². The molecule has 12 aromatic carbocycles. The monoisotopic (exact) mass is 950 g/mol. The molecule has 2 nitrogen and oxygen atoms in total. The number of aromatic nitrogens is 1. The van der Waals surface area contributed by atoms with Gasteiger partial charge < -0.3 is 9.47 Å². The Balaban J connectivity index is 1.08. The molecular weight excluding hydrogens is 893 g/mol. The van der Waals surface area contributed by atoms with Crippen molar-refractivity contribution in [3.05, 3.63) is 254 Å². The van der Waals surface area contributed by atoms with Gasteiger partial charge in [0.05, 0.1) is 28.1 Å². The zero-order chi connectivity index (χ0) is 50.3. The van der Waals surface area contributed by atoms with Gasteiger partial charge in [0.2, 0.25) is 0 Å². The molecular formula is C72H58N2. The minimum absolute atomic E-state index is 0.0819. The molecule has 356 valence electrons. The lowest BCUT2D eigenvalue weighted by Crippen LogP contribution is -2.18. The Bertz CT molecular complexity index is 4130. The fraction of sp³-hybridized carbons (Fsp3) is 0.111. The Morgan fingerprint density at radius 2 is 0.811 bits per heavy atom. The highest BCUT2D eigenvalue weighted by Gasteiger charge is 2.28. The van der Waals surface area contributed by atoms with E-state index in [9.17, 15) is 0 Å². The summed E-state index contributed by atoms with van der Waals surface area (Å²) in [6.45, 7) is 14.0. The van der Waals surface area contributed by atoms with Gasteiger partial charge in [0.25, 0.3) is 0 Å². The SMILES string of the molecule is CC(C)(C)c1ccc(-c2ccccc2)c(N(c2ccc(-c3ccccc3)c(C(C)(C)C)c2)c2ccc3ccc4c(-n5c6ccc(-c7ccccc7)cc6c6cc(-c7ccccc7)ccc65)ccc5ccc2c3c54)c1. The summed E-state index contributed by atoms with van der Waals surface area (Å²) in [5.41, 5.74) is 19.1.